The number of halogens is 1. The Kier molecular flexibility index (Phi) is 8.03. The highest BCUT2D eigenvalue weighted by Crippen LogP contribution is 2.29. The Hall–Kier alpha value is -1.51. The van der Waals surface area contributed by atoms with Gasteiger partial charge in [0.05, 0.1) is 6.54 Å². The van der Waals surface area contributed by atoms with Crippen molar-refractivity contribution in [2.24, 2.45) is 10.9 Å². The third-order valence-electron chi connectivity index (χ3n) is 6.06. The lowest BCUT2D eigenvalue weighted by atomic mass is 10.1. The molecule has 160 valence electrons. The van der Waals surface area contributed by atoms with Crippen molar-refractivity contribution in [2.75, 3.05) is 26.2 Å². The summed E-state index contributed by atoms with van der Waals surface area (Å²) in [4.78, 5) is 19.5. The number of rotatable bonds is 5. The standard InChI is InChI=1S/C22H32N4O2.HI/c1-2-23-22(24-14-19-13-17-9-5-6-10-20(17)28-19)25-18-11-12-26(15-18)21(27)16-7-3-4-8-16;/h5-6,9-10,16,18-19H,2-4,7-8,11-15H2,1H3,(H2,23,24,25);1H. The number of ether oxygens (including phenoxy) is 1. The van der Waals surface area contributed by atoms with Crippen molar-refractivity contribution in [1.82, 2.24) is 15.5 Å². The van der Waals surface area contributed by atoms with Crippen molar-refractivity contribution in [3.63, 3.8) is 0 Å². The van der Waals surface area contributed by atoms with Crippen LogP contribution in [-0.4, -0.2) is 55.1 Å². The summed E-state index contributed by atoms with van der Waals surface area (Å²) in [5, 5.41) is 6.86. The van der Waals surface area contributed by atoms with Crippen LogP contribution >= 0.6 is 24.0 Å². The van der Waals surface area contributed by atoms with Crippen LogP contribution in [0.5, 0.6) is 5.75 Å². The first-order valence-electron chi connectivity index (χ1n) is 10.8. The lowest BCUT2D eigenvalue weighted by Crippen LogP contribution is -2.45. The molecule has 6 nitrogen and oxygen atoms in total. The van der Waals surface area contributed by atoms with Crippen molar-refractivity contribution >= 4 is 35.8 Å². The third-order valence-corrected chi connectivity index (χ3v) is 6.06. The molecule has 0 aromatic heterocycles. The van der Waals surface area contributed by atoms with Crippen molar-refractivity contribution in [3.05, 3.63) is 29.8 Å². The van der Waals surface area contributed by atoms with Crippen LogP contribution in [0.1, 0.15) is 44.6 Å². The molecule has 7 heteroatoms. The minimum atomic E-state index is 0. The van der Waals surface area contributed by atoms with Crippen LogP contribution in [-0.2, 0) is 11.2 Å². The van der Waals surface area contributed by atoms with Gasteiger partial charge in [-0.25, -0.2) is 4.99 Å². The number of aliphatic imine (C=N–C) groups is 1. The molecule has 2 atom stereocenters. The number of amides is 1. The van der Waals surface area contributed by atoms with E-state index in [-0.39, 0.29) is 42.0 Å². The molecule has 3 aliphatic rings. The summed E-state index contributed by atoms with van der Waals surface area (Å²) in [6, 6.07) is 8.48. The molecule has 29 heavy (non-hydrogen) atoms. The molecule has 2 N–H and O–H groups in total. The van der Waals surface area contributed by atoms with Gasteiger partial charge >= 0.3 is 0 Å². The molecule has 1 saturated heterocycles. The Morgan fingerprint density at radius 1 is 1.24 bits per heavy atom. The number of fused-ring (bicyclic) bond motifs is 1. The van der Waals surface area contributed by atoms with E-state index in [1.54, 1.807) is 0 Å². The van der Waals surface area contributed by atoms with Crippen molar-refractivity contribution < 1.29 is 9.53 Å². The van der Waals surface area contributed by atoms with E-state index in [1.165, 1.54) is 18.4 Å². The van der Waals surface area contributed by atoms with Crippen LogP contribution in [0.15, 0.2) is 29.3 Å². The second-order valence-electron chi connectivity index (χ2n) is 8.17. The Bertz CT molecular complexity index is 696. The van der Waals surface area contributed by atoms with Crippen molar-refractivity contribution in [2.45, 2.75) is 57.6 Å². The number of likely N-dealkylation sites (tertiary alicyclic amines) is 1. The molecular formula is C22H33IN4O2. The predicted octanol–water partition coefficient (Wildman–Crippen LogP) is 2.95. The zero-order chi connectivity index (χ0) is 19.3. The second-order valence-corrected chi connectivity index (χ2v) is 8.17. The quantitative estimate of drug-likeness (QED) is 0.362. The highest BCUT2D eigenvalue weighted by Gasteiger charge is 2.32. The topological polar surface area (TPSA) is 66.0 Å². The number of hydrogen-bond donors (Lipinski definition) is 2. The number of carbonyl (C=O) groups excluding carboxylic acids is 1. The summed E-state index contributed by atoms with van der Waals surface area (Å²) < 4.78 is 6.00. The van der Waals surface area contributed by atoms with E-state index in [0.29, 0.717) is 12.5 Å². The number of guanidine groups is 1. The van der Waals surface area contributed by atoms with Gasteiger partial charge in [-0.2, -0.15) is 0 Å². The van der Waals surface area contributed by atoms with Gasteiger partial charge in [-0.1, -0.05) is 31.0 Å². The van der Waals surface area contributed by atoms with Crippen LogP contribution in [0.2, 0.25) is 0 Å². The normalized spacial score (nSPS) is 24.0. The van der Waals surface area contributed by atoms with Crippen LogP contribution in [0.25, 0.3) is 0 Å². The van der Waals surface area contributed by atoms with E-state index in [9.17, 15) is 4.79 Å². The van der Waals surface area contributed by atoms with Gasteiger partial charge in [0.1, 0.15) is 11.9 Å². The zero-order valence-electron chi connectivity index (χ0n) is 17.2. The summed E-state index contributed by atoms with van der Waals surface area (Å²) >= 11 is 0. The summed E-state index contributed by atoms with van der Waals surface area (Å²) in [6.07, 6.45) is 6.53. The van der Waals surface area contributed by atoms with E-state index in [4.69, 9.17) is 9.73 Å². The number of carbonyl (C=O) groups is 1. The monoisotopic (exact) mass is 512 g/mol. The van der Waals surface area contributed by atoms with Gasteiger partial charge in [0.2, 0.25) is 5.91 Å². The average Bonchev–Trinajstić information content (AvgIpc) is 3.45. The molecule has 1 amide bonds. The van der Waals surface area contributed by atoms with Crippen molar-refractivity contribution in [1.29, 1.82) is 0 Å². The number of hydrogen-bond acceptors (Lipinski definition) is 3. The molecule has 1 saturated carbocycles. The maximum atomic E-state index is 12.6. The highest BCUT2D eigenvalue weighted by atomic mass is 127. The van der Waals surface area contributed by atoms with Gasteiger partial charge in [0, 0.05) is 38.0 Å². The zero-order valence-corrected chi connectivity index (χ0v) is 19.6. The first-order chi connectivity index (χ1) is 13.7. The Balaban J connectivity index is 0.00000240. The summed E-state index contributed by atoms with van der Waals surface area (Å²) in [5.41, 5.74) is 1.26. The van der Waals surface area contributed by atoms with Gasteiger partial charge in [-0.05, 0) is 37.8 Å². The molecular weight excluding hydrogens is 479 g/mol. The minimum Gasteiger partial charge on any atom is -0.488 e. The summed E-state index contributed by atoms with van der Waals surface area (Å²) in [5.74, 6) is 2.43. The predicted molar refractivity (Wildman–Crippen MR) is 126 cm³/mol. The fourth-order valence-corrected chi connectivity index (χ4v) is 4.57. The molecule has 2 unspecified atom stereocenters. The smallest absolute Gasteiger partial charge is 0.225 e. The summed E-state index contributed by atoms with van der Waals surface area (Å²) in [6.45, 7) is 5.15. The Morgan fingerprint density at radius 2 is 2.03 bits per heavy atom. The molecule has 1 aromatic rings. The van der Waals surface area contributed by atoms with Gasteiger partial charge in [0.25, 0.3) is 0 Å². The van der Waals surface area contributed by atoms with E-state index in [2.05, 4.69) is 29.7 Å². The average molecular weight is 512 g/mol. The first kappa shape index (κ1) is 22.2. The van der Waals surface area contributed by atoms with Gasteiger partial charge in [0.15, 0.2) is 5.96 Å². The Labute approximate surface area is 190 Å². The van der Waals surface area contributed by atoms with Crippen LogP contribution in [0, 0.1) is 5.92 Å². The van der Waals surface area contributed by atoms with Crippen LogP contribution < -0.4 is 15.4 Å². The SMILES string of the molecule is CCNC(=NCC1Cc2ccccc2O1)NC1CCN(C(=O)C2CCCC2)C1.I. The summed E-state index contributed by atoms with van der Waals surface area (Å²) in [7, 11) is 0. The molecule has 2 heterocycles. The first-order valence-corrected chi connectivity index (χ1v) is 10.8. The lowest BCUT2D eigenvalue weighted by molar-refractivity contribution is -0.134. The van der Waals surface area contributed by atoms with Crippen LogP contribution in [0.4, 0.5) is 0 Å². The van der Waals surface area contributed by atoms with Crippen LogP contribution in [0.3, 0.4) is 0 Å². The second kappa shape index (κ2) is 10.5. The molecule has 4 rings (SSSR count). The minimum absolute atomic E-state index is 0. The highest BCUT2D eigenvalue weighted by molar-refractivity contribution is 14.0. The third kappa shape index (κ3) is 5.55. The maximum absolute atomic E-state index is 12.6. The fourth-order valence-electron chi connectivity index (χ4n) is 4.57. The van der Waals surface area contributed by atoms with Gasteiger partial charge in [-0.15, -0.1) is 24.0 Å². The molecule has 1 aliphatic carbocycles. The molecule has 1 aromatic carbocycles. The number of benzene rings is 1. The largest absolute Gasteiger partial charge is 0.488 e. The fraction of sp³-hybridized carbons (Fsp3) is 0.636. The lowest BCUT2D eigenvalue weighted by Gasteiger charge is -2.21. The van der Waals surface area contributed by atoms with Gasteiger partial charge < -0.3 is 20.3 Å². The van der Waals surface area contributed by atoms with E-state index >= 15 is 0 Å². The molecule has 2 fully saturated rings. The Morgan fingerprint density at radius 3 is 2.79 bits per heavy atom. The van der Waals surface area contributed by atoms with E-state index in [0.717, 1.165) is 57.0 Å². The molecule has 0 spiro atoms. The molecule has 0 radical (unpaired) electrons. The van der Waals surface area contributed by atoms with Crippen molar-refractivity contribution in [3.8, 4) is 5.75 Å². The van der Waals surface area contributed by atoms with Gasteiger partial charge in [-0.3, -0.25) is 4.79 Å². The van der Waals surface area contributed by atoms with E-state index in [1.807, 2.05) is 17.0 Å². The number of para-hydroxylation sites is 1. The molecule has 2 aliphatic heterocycles. The number of nitrogens with zero attached hydrogens (tertiary/aromatic N) is 2. The molecule has 0 bridgehead atoms. The number of nitrogens with one attached hydrogen (secondary N) is 2. The maximum Gasteiger partial charge on any atom is 0.225 e. The van der Waals surface area contributed by atoms with E-state index < -0.39 is 0 Å².